The van der Waals surface area contributed by atoms with Gasteiger partial charge < -0.3 is 25.8 Å². The lowest BCUT2D eigenvalue weighted by atomic mass is 10.0. The topological polar surface area (TPSA) is 147 Å². The van der Waals surface area contributed by atoms with Crippen LogP contribution < -0.4 is 5.73 Å². The average molecular weight is 462 g/mol. The predicted octanol–water partition coefficient (Wildman–Crippen LogP) is 5.66. The van der Waals surface area contributed by atoms with Crippen LogP contribution in [0.15, 0.2) is 12.7 Å². The molecule has 0 heterocycles. The number of rotatable bonds is 18. The first-order chi connectivity index (χ1) is 15.2. The molecule has 1 unspecified atom stereocenters. The summed E-state index contributed by atoms with van der Waals surface area (Å²) >= 11 is 0. The lowest BCUT2D eigenvalue weighted by molar-refractivity contribution is -0.147. The summed E-state index contributed by atoms with van der Waals surface area (Å²) in [5.74, 6) is -2.07. The fourth-order valence-corrected chi connectivity index (χ4v) is 2.80. The number of carbonyl (C=O) groups is 3. The second-order valence-electron chi connectivity index (χ2n) is 7.53. The van der Waals surface area contributed by atoms with Gasteiger partial charge in [-0.25, -0.2) is 14.4 Å². The summed E-state index contributed by atoms with van der Waals surface area (Å²) in [7, 11) is 0. The van der Waals surface area contributed by atoms with E-state index in [-0.39, 0.29) is 0 Å². The van der Waals surface area contributed by atoms with Gasteiger partial charge in [0, 0.05) is 6.08 Å². The number of carboxylic acids is 2. The van der Waals surface area contributed by atoms with Crippen LogP contribution >= 0.6 is 0 Å². The molecule has 0 bridgehead atoms. The minimum Gasteiger partial charge on any atom is -0.479 e. The lowest BCUT2D eigenvalue weighted by Gasteiger charge is -2.05. The third-order valence-electron chi connectivity index (χ3n) is 4.58. The van der Waals surface area contributed by atoms with E-state index in [1.165, 1.54) is 77.0 Å². The minimum atomic E-state index is -1.16. The lowest BCUT2D eigenvalue weighted by Crippen LogP contribution is -2.18. The Bertz CT molecular complexity index is 456. The van der Waals surface area contributed by atoms with E-state index in [2.05, 4.69) is 24.0 Å². The van der Waals surface area contributed by atoms with Crippen molar-refractivity contribution < 1.29 is 34.4 Å². The van der Waals surface area contributed by atoms with Crippen molar-refractivity contribution in [2.24, 2.45) is 5.73 Å². The summed E-state index contributed by atoms with van der Waals surface area (Å²) < 4.78 is 4.18. The van der Waals surface area contributed by atoms with Crippen molar-refractivity contribution in [3.8, 4) is 0 Å². The van der Waals surface area contributed by atoms with Crippen LogP contribution in [-0.4, -0.2) is 46.1 Å². The highest BCUT2D eigenvalue weighted by atomic mass is 16.5. The molecule has 32 heavy (non-hydrogen) atoms. The molecule has 1 atom stereocenters. The average Bonchev–Trinajstić information content (AvgIpc) is 2.74. The molecule has 5 N–H and O–H groups in total. The van der Waals surface area contributed by atoms with E-state index >= 15 is 0 Å². The van der Waals surface area contributed by atoms with Crippen molar-refractivity contribution in [2.75, 3.05) is 6.61 Å². The van der Waals surface area contributed by atoms with Gasteiger partial charge in [-0.3, -0.25) is 0 Å². The van der Waals surface area contributed by atoms with Crippen LogP contribution in [0.25, 0.3) is 0 Å². The van der Waals surface area contributed by atoms with Crippen LogP contribution in [-0.2, 0) is 14.3 Å². The number of unbranched alkanes of at least 4 members (excludes halogenated alkanes) is 13. The van der Waals surface area contributed by atoms with E-state index in [9.17, 15) is 14.4 Å². The second-order valence-corrected chi connectivity index (χ2v) is 7.53. The number of ether oxygens (including phenoxy) is 1. The number of carbonyl (C=O) groups excluding carboxylic acids is 1. The molecule has 0 rings (SSSR count). The van der Waals surface area contributed by atoms with E-state index in [0.717, 1.165) is 18.9 Å². The molecule has 8 nitrogen and oxygen atoms in total. The SMILES string of the molecule is C=CC(=O)O.CCCCCCCCCCCCCCCCC(O)C(=O)O.CCOC(N)=O. The number of primary amides is 1. The Morgan fingerprint density at radius 1 is 0.812 bits per heavy atom. The number of carboxylic acid groups (broad SMARTS) is 2. The Hall–Kier alpha value is -2.09. The molecule has 0 aromatic heterocycles. The maximum Gasteiger partial charge on any atom is 0.404 e. The highest BCUT2D eigenvalue weighted by Gasteiger charge is 2.11. The molecule has 190 valence electrons. The van der Waals surface area contributed by atoms with E-state index in [1.807, 2.05) is 0 Å². The molecule has 0 saturated carbocycles. The monoisotopic (exact) mass is 461 g/mol. The van der Waals surface area contributed by atoms with Gasteiger partial charge in [0.05, 0.1) is 6.61 Å². The molecule has 0 aromatic carbocycles. The van der Waals surface area contributed by atoms with Crippen LogP contribution in [0.5, 0.6) is 0 Å². The van der Waals surface area contributed by atoms with Crippen LogP contribution in [0, 0.1) is 0 Å². The van der Waals surface area contributed by atoms with Crippen molar-refractivity contribution >= 4 is 18.0 Å². The molecule has 0 spiro atoms. The van der Waals surface area contributed by atoms with E-state index in [4.69, 9.17) is 15.3 Å². The van der Waals surface area contributed by atoms with Gasteiger partial charge in [0.1, 0.15) is 0 Å². The summed E-state index contributed by atoms with van der Waals surface area (Å²) in [6.07, 6.45) is 17.4. The largest absolute Gasteiger partial charge is 0.479 e. The number of aliphatic hydroxyl groups is 1. The smallest absolute Gasteiger partial charge is 0.404 e. The van der Waals surface area contributed by atoms with E-state index < -0.39 is 24.1 Å². The third-order valence-corrected chi connectivity index (χ3v) is 4.58. The fraction of sp³-hybridized carbons (Fsp3) is 0.792. The number of aliphatic carboxylic acids is 2. The van der Waals surface area contributed by atoms with Crippen molar-refractivity contribution in [3.05, 3.63) is 12.7 Å². The first-order valence-corrected chi connectivity index (χ1v) is 11.9. The van der Waals surface area contributed by atoms with Crippen LogP contribution in [0.2, 0.25) is 0 Å². The van der Waals surface area contributed by atoms with Gasteiger partial charge in [0.15, 0.2) is 6.10 Å². The van der Waals surface area contributed by atoms with Gasteiger partial charge in [-0.2, -0.15) is 0 Å². The zero-order valence-electron chi connectivity index (χ0n) is 20.2. The number of nitrogens with two attached hydrogens (primary N) is 1. The molecular formula is C24H47NO7. The Balaban J connectivity index is -0.000000626. The molecule has 0 aliphatic carbocycles. The highest BCUT2D eigenvalue weighted by molar-refractivity contribution is 5.78. The number of hydrogen-bond acceptors (Lipinski definition) is 5. The second kappa shape index (κ2) is 28.9. The molecule has 0 aliphatic rings. The molecule has 8 heteroatoms. The van der Waals surface area contributed by atoms with Gasteiger partial charge in [-0.1, -0.05) is 103 Å². The Labute approximate surface area is 194 Å². The highest BCUT2D eigenvalue weighted by Crippen LogP contribution is 2.13. The molecule has 0 radical (unpaired) electrons. The summed E-state index contributed by atoms with van der Waals surface area (Å²) in [4.78, 5) is 29.3. The van der Waals surface area contributed by atoms with E-state index in [1.54, 1.807) is 6.92 Å². The first kappa shape index (κ1) is 34.5. The quantitative estimate of drug-likeness (QED) is 0.152. The first-order valence-electron chi connectivity index (χ1n) is 11.9. The molecule has 1 amide bonds. The van der Waals surface area contributed by atoms with Crippen LogP contribution in [0.4, 0.5) is 4.79 Å². The predicted molar refractivity (Wildman–Crippen MR) is 128 cm³/mol. The van der Waals surface area contributed by atoms with Crippen molar-refractivity contribution in [1.82, 2.24) is 0 Å². The summed E-state index contributed by atoms with van der Waals surface area (Å²) in [6.45, 7) is 7.27. The molecule has 0 fully saturated rings. The van der Waals surface area contributed by atoms with E-state index in [0.29, 0.717) is 13.0 Å². The molecule has 0 aromatic rings. The van der Waals surface area contributed by atoms with Crippen molar-refractivity contribution in [2.45, 2.75) is 116 Å². The number of amides is 1. The summed E-state index contributed by atoms with van der Waals surface area (Å²) in [5.41, 5.74) is 4.54. The zero-order chi connectivity index (χ0) is 25.0. The van der Waals surface area contributed by atoms with Crippen LogP contribution in [0.3, 0.4) is 0 Å². The summed E-state index contributed by atoms with van der Waals surface area (Å²) in [5, 5.41) is 25.3. The van der Waals surface area contributed by atoms with Gasteiger partial charge in [0.25, 0.3) is 0 Å². The number of aliphatic hydroxyl groups excluding tert-OH is 1. The minimum absolute atomic E-state index is 0.356. The normalized spacial score (nSPS) is 10.6. The maximum atomic E-state index is 10.4. The zero-order valence-corrected chi connectivity index (χ0v) is 20.2. The van der Waals surface area contributed by atoms with Crippen molar-refractivity contribution in [1.29, 1.82) is 0 Å². The Morgan fingerprint density at radius 2 is 1.16 bits per heavy atom. The third kappa shape index (κ3) is 38.5. The fourth-order valence-electron chi connectivity index (χ4n) is 2.80. The molecule has 0 saturated heterocycles. The van der Waals surface area contributed by atoms with Gasteiger partial charge in [0.2, 0.25) is 0 Å². The maximum absolute atomic E-state index is 10.4. The van der Waals surface area contributed by atoms with Gasteiger partial charge in [-0.05, 0) is 13.3 Å². The molecule has 0 aliphatic heterocycles. The van der Waals surface area contributed by atoms with Crippen LogP contribution in [0.1, 0.15) is 110 Å². The van der Waals surface area contributed by atoms with Gasteiger partial charge >= 0.3 is 18.0 Å². The number of hydrogen-bond donors (Lipinski definition) is 4. The Kier molecular flexibility index (Phi) is 31.2. The standard InChI is InChI=1S/C18H36O3.C3H7NO2.C3H4O2/c1-2-3-4-5-6-7-8-9-10-11-12-13-14-15-16-17(19)18(20)21;1-2-6-3(4)5;1-2-3(4)5/h17,19H,2-16H2,1H3,(H,20,21);2H2,1H3,(H2,4,5);2H,1H2,(H,4,5). The van der Waals surface area contributed by atoms with Gasteiger partial charge in [-0.15, -0.1) is 0 Å². The molecular weight excluding hydrogens is 414 g/mol. The Morgan fingerprint density at radius 3 is 1.38 bits per heavy atom. The summed E-state index contributed by atoms with van der Waals surface area (Å²) in [6, 6.07) is 0. The van der Waals surface area contributed by atoms with Crippen molar-refractivity contribution in [3.63, 3.8) is 0 Å².